The van der Waals surface area contributed by atoms with Crippen LogP contribution in [0.5, 0.6) is 11.5 Å². The molecule has 0 spiro atoms. The molecule has 1 radical (unpaired) electrons. The molecule has 0 amide bonds. The molecule has 1 aliphatic rings. The Labute approximate surface area is 213 Å². The van der Waals surface area contributed by atoms with E-state index in [9.17, 15) is 4.79 Å². The molecule has 1 aromatic heterocycles. The molecule has 0 saturated heterocycles. The van der Waals surface area contributed by atoms with Crippen LogP contribution in [0.25, 0.3) is 33.5 Å². The molecule has 4 nitrogen and oxygen atoms in total. The van der Waals surface area contributed by atoms with Crippen LogP contribution in [0.3, 0.4) is 0 Å². The number of carbonyl (C=O) groups excluding carboxylic acids is 1. The molecule has 4 aromatic rings. The van der Waals surface area contributed by atoms with Crippen LogP contribution in [0.1, 0.15) is 19.4 Å². The summed E-state index contributed by atoms with van der Waals surface area (Å²) in [5.41, 5.74) is 7.42. The topological polar surface area (TPSA) is 59.4 Å². The van der Waals surface area contributed by atoms with Crippen LogP contribution in [0.2, 0.25) is 0 Å². The fourth-order valence-electron chi connectivity index (χ4n) is 3.73. The van der Waals surface area contributed by atoms with Gasteiger partial charge in [-0.15, -0.1) is 24.3 Å². The number of ether oxygens (including phenoxy) is 1. The number of ketones is 1. The van der Waals surface area contributed by atoms with E-state index in [4.69, 9.17) is 14.8 Å². The number of hydrogen-bond donors (Lipinski definition) is 1. The summed E-state index contributed by atoms with van der Waals surface area (Å²) in [6, 6.07) is 27.9. The fourth-order valence-corrected chi connectivity index (χ4v) is 3.73. The second kappa shape index (κ2) is 11.1. The van der Waals surface area contributed by atoms with Gasteiger partial charge in [-0.25, -0.2) is 0 Å². The molecule has 0 saturated carbocycles. The number of aliphatic hydroxyl groups is 1. The van der Waals surface area contributed by atoms with Gasteiger partial charge in [-0.2, -0.15) is 0 Å². The van der Waals surface area contributed by atoms with Gasteiger partial charge in [0.1, 0.15) is 5.75 Å². The number of carbonyl (C=O) groups is 1. The number of aryl methyl sites for hydroxylation is 1. The van der Waals surface area contributed by atoms with E-state index >= 15 is 0 Å². The van der Waals surface area contributed by atoms with Crippen molar-refractivity contribution in [3.63, 3.8) is 0 Å². The van der Waals surface area contributed by atoms with Crippen molar-refractivity contribution in [1.29, 1.82) is 0 Å². The molecule has 0 atom stereocenters. The first kappa shape index (κ1) is 25.1. The number of rotatable bonds is 2. The molecule has 5 heteroatoms. The largest absolute Gasteiger partial charge is 0.512 e. The van der Waals surface area contributed by atoms with Crippen molar-refractivity contribution < 1.29 is 34.7 Å². The van der Waals surface area contributed by atoms with E-state index in [-0.39, 0.29) is 31.6 Å². The van der Waals surface area contributed by atoms with Crippen molar-refractivity contribution in [3.8, 4) is 45.0 Å². The molecule has 0 fully saturated rings. The van der Waals surface area contributed by atoms with Gasteiger partial charge in [0.2, 0.25) is 0 Å². The molecule has 1 N–H and O–H groups in total. The average Bonchev–Trinajstić information content (AvgIpc) is 2.93. The molecule has 5 rings (SSSR count). The zero-order valence-electron chi connectivity index (χ0n) is 19.1. The zero-order valence-corrected chi connectivity index (χ0v) is 21.5. The van der Waals surface area contributed by atoms with E-state index in [0.717, 1.165) is 39.4 Å². The minimum absolute atomic E-state index is 0. The summed E-state index contributed by atoms with van der Waals surface area (Å²) in [5.74, 6) is 1.57. The SMILES string of the molecule is CC(=O)C=C(C)O.Cc1cccc(-c2cnc3c(c2)-c2ccccc2Oc2ccc[c-]c2-3)c1.[Ir]. The maximum absolute atomic E-state index is 10.0. The third-order valence-corrected chi connectivity index (χ3v) is 5.10. The molecule has 34 heavy (non-hydrogen) atoms. The van der Waals surface area contributed by atoms with E-state index in [1.807, 2.05) is 42.6 Å². The second-order valence-electron chi connectivity index (χ2n) is 7.89. The average molecular weight is 627 g/mol. The van der Waals surface area contributed by atoms with E-state index < -0.39 is 0 Å². The Balaban J connectivity index is 0.000000357. The number of aromatic nitrogens is 1. The molecule has 173 valence electrons. The Morgan fingerprint density at radius 2 is 1.71 bits per heavy atom. The third-order valence-electron chi connectivity index (χ3n) is 5.10. The predicted octanol–water partition coefficient (Wildman–Crippen LogP) is 7.33. The molecule has 0 aliphatic carbocycles. The van der Waals surface area contributed by atoms with E-state index in [0.29, 0.717) is 0 Å². The standard InChI is InChI=1S/C24H16NO.C5H8O2.Ir/c1-16-7-6-8-17(13-16)18-14-21-19-9-2-4-11-22(19)26-23-12-5-3-10-20(23)24(21)25-15-18;1-4(6)3-5(2)7;/h2-9,11-15H,1H3;3,6H,1-2H3;/q-1;;. The van der Waals surface area contributed by atoms with Crippen LogP contribution >= 0.6 is 0 Å². The summed E-state index contributed by atoms with van der Waals surface area (Å²) in [5, 5.41) is 8.36. The van der Waals surface area contributed by atoms with Crippen LogP contribution in [-0.2, 0) is 24.9 Å². The fraction of sp³-hybridized carbons (Fsp3) is 0.103. The van der Waals surface area contributed by atoms with Crippen LogP contribution < -0.4 is 4.74 Å². The smallest absolute Gasteiger partial charge is 0.155 e. The van der Waals surface area contributed by atoms with Crippen molar-refractivity contribution in [2.45, 2.75) is 20.8 Å². The first-order chi connectivity index (χ1) is 15.9. The van der Waals surface area contributed by atoms with Crippen molar-refractivity contribution in [3.05, 3.63) is 102 Å². The Morgan fingerprint density at radius 1 is 0.941 bits per heavy atom. The summed E-state index contributed by atoms with van der Waals surface area (Å²) < 4.78 is 6.18. The van der Waals surface area contributed by atoms with Crippen LogP contribution in [0, 0.1) is 13.0 Å². The molecule has 3 aromatic carbocycles. The van der Waals surface area contributed by atoms with Crippen LogP contribution in [0.15, 0.2) is 90.8 Å². The van der Waals surface area contributed by atoms with Crippen molar-refractivity contribution in [2.24, 2.45) is 0 Å². The number of nitrogens with zero attached hydrogens (tertiary/aromatic N) is 1. The maximum atomic E-state index is 10.0. The number of benzene rings is 3. The normalized spacial score (nSPS) is 11.2. The molecule has 2 heterocycles. The number of para-hydroxylation sites is 1. The number of fused-ring (bicyclic) bond motifs is 5. The quantitative estimate of drug-likeness (QED) is 0.127. The zero-order chi connectivity index (χ0) is 23.4. The Morgan fingerprint density at radius 3 is 2.41 bits per heavy atom. The monoisotopic (exact) mass is 627 g/mol. The van der Waals surface area contributed by atoms with Gasteiger partial charge in [-0.1, -0.05) is 59.7 Å². The van der Waals surface area contributed by atoms with Gasteiger partial charge < -0.3 is 14.8 Å². The Bertz CT molecular complexity index is 1360. The van der Waals surface area contributed by atoms with Gasteiger partial charge in [-0.3, -0.25) is 4.79 Å². The van der Waals surface area contributed by atoms with Gasteiger partial charge in [0.25, 0.3) is 0 Å². The summed E-state index contributed by atoms with van der Waals surface area (Å²) in [6.45, 7) is 4.95. The van der Waals surface area contributed by atoms with Gasteiger partial charge >= 0.3 is 0 Å². The number of aliphatic hydroxyl groups excluding tert-OH is 1. The predicted molar refractivity (Wildman–Crippen MR) is 131 cm³/mol. The summed E-state index contributed by atoms with van der Waals surface area (Å²) in [7, 11) is 0. The summed E-state index contributed by atoms with van der Waals surface area (Å²) in [4.78, 5) is 14.8. The number of allylic oxidation sites excluding steroid dienone is 2. The van der Waals surface area contributed by atoms with Gasteiger partial charge in [0.05, 0.1) is 5.76 Å². The van der Waals surface area contributed by atoms with E-state index in [1.165, 1.54) is 31.1 Å². The van der Waals surface area contributed by atoms with Gasteiger partial charge in [-0.05, 0) is 49.2 Å². The molecular weight excluding hydrogens is 603 g/mol. The van der Waals surface area contributed by atoms with E-state index in [2.05, 4.69) is 49.4 Å². The summed E-state index contributed by atoms with van der Waals surface area (Å²) >= 11 is 0. The molecular formula is C29H24IrNO3-. The Kier molecular flexibility index (Phi) is 8.17. The van der Waals surface area contributed by atoms with E-state index in [1.54, 1.807) is 0 Å². The number of hydrogen-bond acceptors (Lipinski definition) is 4. The minimum atomic E-state index is -0.125. The van der Waals surface area contributed by atoms with Crippen molar-refractivity contribution in [1.82, 2.24) is 4.98 Å². The van der Waals surface area contributed by atoms with Gasteiger partial charge in [0.15, 0.2) is 5.78 Å². The third kappa shape index (κ3) is 5.69. The number of pyridine rings is 1. The maximum Gasteiger partial charge on any atom is 0.155 e. The van der Waals surface area contributed by atoms with Gasteiger partial charge in [0, 0.05) is 43.7 Å². The second-order valence-corrected chi connectivity index (χ2v) is 7.89. The first-order valence-corrected chi connectivity index (χ1v) is 10.7. The first-order valence-electron chi connectivity index (χ1n) is 10.7. The summed E-state index contributed by atoms with van der Waals surface area (Å²) in [6.07, 6.45) is 3.10. The van der Waals surface area contributed by atoms with Crippen LogP contribution in [0.4, 0.5) is 0 Å². The Hall–Kier alpha value is -3.53. The minimum Gasteiger partial charge on any atom is -0.512 e. The van der Waals surface area contributed by atoms with Crippen molar-refractivity contribution in [2.75, 3.05) is 0 Å². The van der Waals surface area contributed by atoms with Crippen LogP contribution in [-0.4, -0.2) is 15.9 Å². The molecule has 0 unspecified atom stereocenters. The molecule has 1 aliphatic heterocycles. The molecule has 0 bridgehead atoms. The van der Waals surface area contributed by atoms with Crippen molar-refractivity contribution >= 4 is 5.78 Å².